The maximum atomic E-state index is 2.42. The summed E-state index contributed by atoms with van der Waals surface area (Å²) in [5.41, 5.74) is 4.48. The Kier molecular flexibility index (Phi) is 4.23. The molecule has 0 fully saturated rings. The molecule has 2 heterocycles. The number of thiophene rings is 2. The third-order valence-corrected chi connectivity index (χ3v) is 5.57. The van der Waals surface area contributed by atoms with Crippen LogP contribution in [0.2, 0.25) is 0 Å². The van der Waals surface area contributed by atoms with Crippen LogP contribution in [0.25, 0.3) is 20.5 Å². The molecule has 0 aliphatic rings. The third-order valence-electron chi connectivity index (χ3n) is 3.68. The summed E-state index contributed by atoms with van der Waals surface area (Å²) in [4.78, 5) is 1.38. The quantitative estimate of drug-likeness (QED) is 0.502. The van der Waals surface area contributed by atoms with Gasteiger partial charge in [-0.1, -0.05) is 32.8 Å². The van der Waals surface area contributed by atoms with Crippen molar-refractivity contribution in [1.29, 1.82) is 0 Å². The van der Waals surface area contributed by atoms with Crippen LogP contribution in [0, 0.1) is 0 Å². The van der Waals surface area contributed by atoms with Crippen LogP contribution >= 0.6 is 22.7 Å². The molecule has 20 heavy (non-hydrogen) atoms. The second-order valence-electron chi connectivity index (χ2n) is 5.25. The normalized spacial score (nSPS) is 11.3. The summed E-state index contributed by atoms with van der Waals surface area (Å²) in [6.07, 6.45) is 4.83. The molecular weight excluding hydrogens is 280 g/mol. The molecule has 0 amide bonds. The van der Waals surface area contributed by atoms with Crippen molar-refractivity contribution in [2.45, 2.75) is 39.5 Å². The van der Waals surface area contributed by atoms with E-state index in [2.05, 4.69) is 48.9 Å². The lowest BCUT2D eigenvalue weighted by molar-refractivity contribution is 0.915. The SMILES string of the molecule is CCCc1csc2cc(-c3cccs3)cc(CCC)c12. The van der Waals surface area contributed by atoms with E-state index in [-0.39, 0.29) is 0 Å². The zero-order valence-corrected chi connectivity index (χ0v) is 13.7. The molecule has 1 aromatic carbocycles. The number of rotatable bonds is 5. The zero-order valence-electron chi connectivity index (χ0n) is 12.1. The van der Waals surface area contributed by atoms with Gasteiger partial charge in [0, 0.05) is 9.58 Å². The minimum atomic E-state index is 1.18. The standard InChI is InChI=1S/C18H20S2/c1-3-6-13-10-15(16-8-5-9-19-16)11-17-18(13)14(7-4-2)12-20-17/h5,8-12H,3-4,6-7H2,1-2H3. The summed E-state index contributed by atoms with van der Waals surface area (Å²) >= 11 is 3.74. The minimum Gasteiger partial charge on any atom is -0.144 e. The van der Waals surface area contributed by atoms with Crippen LogP contribution in [0.1, 0.15) is 37.8 Å². The van der Waals surface area contributed by atoms with Crippen molar-refractivity contribution in [2.24, 2.45) is 0 Å². The van der Waals surface area contributed by atoms with E-state index in [0.29, 0.717) is 0 Å². The molecule has 0 radical (unpaired) electrons. The highest BCUT2D eigenvalue weighted by Gasteiger charge is 2.11. The molecule has 0 bridgehead atoms. The topological polar surface area (TPSA) is 0 Å². The monoisotopic (exact) mass is 300 g/mol. The molecule has 0 spiro atoms. The Bertz CT molecular complexity index is 690. The van der Waals surface area contributed by atoms with Crippen LogP contribution in [-0.2, 0) is 12.8 Å². The van der Waals surface area contributed by atoms with Gasteiger partial charge >= 0.3 is 0 Å². The van der Waals surface area contributed by atoms with Gasteiger partial charge in [-0.2, -0.15) is 0 Å². The Labute approximate surface area is 129 Å². The fourth-order valence-electron chi connectivity index (χ4n) is 2.83. The average Bonchev–Trinajstić information content (AvgIpc) is 3.09. The lowest BCUT2D eigenvalue weighted by Crippen LogP contribution is -1.89. The first-order valence-corrected chi connectivity index (χ1v) is 9.16. The van der Waals surface area contributed by atoms with Crippen LogP contribution in [-0.4, -0.2) is 0 Å². The second-order valence-corrected chi connectivity index (χ2v) is 7.11. The van der Waals surface area contributed by atoms with Crippen LogP contribution in [0.3, 0.4) is 0 Å². The highest BCUT2D eigenvalue weighted by molar-refractivity contribution is 7.17. The molecule has 0 unspecified atom stereocenters. The number of fused-ring (bicyclic) bond motifs is 1. The molecule has 0 atom stereocenters. The third kappa shape index (κ3) is 2.55. The van der Waals surface area contributed by atoms with Crippen molar-refractivity contribution >= 4 is 32.8 Å². The summed E-state index contributed by atoms with van der Waals surface area (Å²) in [6, 6.07) is 9.16. The molecule has 3 aromatic rings. The fourth-order valence-corrected chi connectivity index (χ4v) is 4.62. The Balaban J connectivity index is 2.18. The minimum absolute atomic E-state index is 1.18. The van der Waals surface area contributed by atoms with Crippen LogP contribution in [0.5, 0.6) is 0 Å². The van der Waals surface area contributed by atoms with Crippen LogP contribution < -0.4 is 0 Å². The van der Waals surface area contributed by atoms with Crippen molar-refractivity contribution in [3.63, 3.8) is 0 Å². The molecule has 2 heteroatoms. The van der Waals surface area contributed by atoms with Crippen molar-refractivity contribution in [2.75, 3.05) is 0 Å². The van der Waals surface area contributed by atoms with Gasteiger partial charge in [0.25, 0.3) is 0 Å². The molecule has 0 nitrogen and oxygen atoms in total. The van der Waals surface area contributed by atoms with Gasteiger partial charge in [-0.25, -0.2) is 0 Å². The first-order chi connectivity index (χ1) is 9.83. The number of benzene rings is 1. The predicted molar refractivity (Wildman–Crippen MR) is 93.1 cm³/mol. The molecule has 0 saturated heterocycles. The maximum Gasteiger partial charge on any atom is 0.0354 e. The Morgan fingerprint density at radius 2 is 1.75 bits per heavy atom. The Morgan fingerprint density at radius 1 is 0.950 bits per heavy atom. The lowest BCUT2D eigenvalue weighted by Gasteiger charge is -2.08. The van der Waals surface area contributed by atoms with Crippen LogP contribution in [0.15, 0.2) is 35.0 Å². The fraction of sp³-hybridized carbons (Fsp3) is 0.333. The number of hydrogen-bond donors (Lipinski definition) is 0. The van der Waals surface area contributed by atoms with Crippen molar-refractivity contribution in [3.8, 4) is 10.4 Å². The largest absolute Gasteiger partial charge is 0.144 e. The van der Waals surface area contributed by atoms with E-state index in [9.17, 15) is 0 Å². The highest BCUT2D eigenvalue weighted by atomic mass is 32.1. The van der Waals surface area contributed by atoms with E-state index in [1.165, 1.54) is 46.4 Å². The average molecular weight is 300 g/mol. The summed E-state index contributed by atoms with van der Waals surface area (Å²) < 4.78 is 1.46. The molecule has 0 N–H and O–H groups in total. The van der Waals surface area contributed by atoms with Gasteiger partial charge in [0.2, 0.25) is 0 Å². The van der Waals surface area contributed by atoms with E-state index in [0.717, 1.165) is 0 Å². The molecular formula is C18H20S2. The van der Waals surface area contributed by atoms with Crippen molar-refractivity contribution in [3.05, 3.63) is 46.2 Å². The van der Waals surface area contributed by atoms with E-state index in [4.69, 9.17) is 0 Å². The summed E-state index contributed by atoms with van der Waals surface area (Å²) in [5.74, 6) is 0. The van der Waals surface area contributed by atoms with Gasteiger partial charge in [-0.05, 0) is 63.9 Å². The van der Waals surface area contributed by atoms with Gasteiger partial charge < -0.3 is 0 Å². The smallest absolute Gasteiger partial charge is 0.0354 e. The summed E-state index contributed by atoms with van der Waals surface area (Å²) in [6.45, 7) is 4.54. The lowest BCUT2D eigenvalue weighted by atomic mass is 9.97. The Morgan fingerprint density at radius 3 is 2.45 bits per heavy atom. The number of hydrogen-bond acceptors (Lipinski definition) is 2. The molecule has 0 aliphatic carbocycles. The summed E-state index contributed by atoms with van der Waals surface area (Å²) in [5, 5.41) is 6.07. The maximum absolute atomic E-state index is 2.42. The highest BCUT2D eigenvalue weighted by Crippen LogP contribution is 2.36. The first kappa shape index (κ1) is 13.8. The van der Waals surface area contributed by atoms with E-state index < -0.39 is 0 Å². The van der Waals surface area contributed by atoms with E-state index in [1.807, 2.05) is 22.7 Å². The second kappa shape index (κ2) is 6.11. The van der Waals surface area contributed by atoms with Gasteiger partial charge in [-0.3, -0.25) is 0 Å². The first-order valence-electron chi connectivity index (χ1n) is 7.40. The predicted octanol–water partition coefficient (Wildman–Crippen LogP) is 6.53. The molecule has 0 saturated carbocycles. The molecule has 104 valence electrons. The van der Waals surface area contributed by atoms with Gasteiger partial charge in [0.1, 0.15) is 0 Å². The molecule has 0 aliphatic heterocycles. The van der Waals surface area contributed by atoms with Crippen molar-refractivity contribution < 1.29 is 0 Å². The van der Waals surface area contributed by atoms with E-state index >= 15 is 0 Å². The van der Waals surface area contributed by atoms with Crippen molar-refractivity contribution in [1.82, 2.24) is 0 Å². The van der Waals surface area contributed by atoms with E-state index in [1.54, 1.807) is 10.9 Å². The van der Waals surface area contributed by atoms with Gasteiger partial charge in [0.15, 0.2) is 0 Å². The Hall–Kier alpha value is -1.12. The zero-order chi connectivity index (χ0) is 13.9. The van der Waals surface area contributed by atoms with Crippen LogP contribution in [0.4, 0.5) is 0 Å². The summed E-state index contributed by atoms with van der Waals surface area (Å²) in [7, 11) is 0. The molecule has 3 rings (SSSR count). The van der Waals surface area contributed by atoms with Gasteiger partial charge in [0.05, 0.1) is 0 Å². The van der Waals surface area contributed by atoms with Gasteiger partial charge in [-0.15, -0.1) is 22.7 Å². The number of aryl methyl sites for hydroxylation is 2. The molecule has 2 aromatic heterocycles.